The Balaban J connectivity index is 1.50. The number of hydrogen-bond donors (Lipinski definition) is 3. The Kier molecular flexibility index (Phi) is 7.24. The predicted molar refractivity (Wildman–Crippen MR) is 127 cm³/mol. The fraction of sp³-hybridized carbons (Fsp3) is 0.115. The van der Waals surface area contributed by atoms with Crippen molar-refractivity contribution < 1.29 is 28.7 Å². The number of hydrogen-bond acceptors (Lipinski definition) is 5. The van der Waals surface area contributed by atoms with Crippen molar-refractivity contribution in [2.24, 2.45) is 0 Å². The van der Waals surface area contributed by atoms with E-state index in [0.29, 0.717) is 10.6 Å². The van der Waals surface area contributed by atoms with E-state index in [2.05, 4.69) is 10.5 Å². The van der Waals surface area contributed by atoms with Crippen LogP contribution in [0.2, 0.25) is 5.02 Å². The number of amides is 1. The lowest BCUT2D eigenvalue weighted by Gasteiger charge is -2.21. The van der Waals surface area contributed by atoms with Crippen LogP contribution in [0.3, 0.4) is 0 Å². The van der Waals surface area contributed by atoms with Crippen LogP contribution in [0.15, 0.2) is 83.4 Å². The molecule has 0 aliphatic rings. The maximum absolute atomic E-state index is 14.0. The van der Waals surface area contributed by atoms with E-state index in [1.54, 1.807) is 24.3 Å². The third-order valence-corrected chi connectivity index (χ3v) is 5.64. The number of nitrogens with one attached hydrogen (secondary N) is 1. The van der Waals surface area contributed by atoms with E-state index in [9.17, 15) is 24.2 Å². The highest BCUT2D eigenvalue weighted by Gasteiger charge is 2.29. The van der Waals surface area contributed by atoms with Gasteiger partial charge in [0.1, 0.15) is 11.5 Å². The van der Waals surface area contributed by atoms with Crippen molar-refractivity contribution in [3.63, 3.8) is 0 Å². The lowest BCUT2D eigenvalue weighted by molar-refractivity contribution is -0.148. The molecule has 178 valence electrons. The number of carbonyl (C=O) groups is 2. The molecule has 4 aromatic rings. The van der Waals surface area contributed by atoms with Crippen LogP contribution in [0.1, 0.15) is 16.1 Å². The van der Waals surface area contributed by atoms with Crippen LogP contribution in [0, 0.1) is 5.82 Å². The zero-order valence-corrected chi connectivity index (χ0v) is 18.9. The average Bonchev–Trinajstić information content (AvgIpc) is 3.34. The fourth-order valence-electron chi connectivity index (χ4n) is 3.59. The lowest BCUT2D eigenvalue weighted by atomic mass is 9.98. The van der Waals surface area contributed by atoms with Gasteiger partial charge in [-0.3, -0.25) is 4.79 Å². The number of carboxylic acid groups (broad SMARTS) is 1. The monoisotopic (exact) mass is 494 g/mol. The SMILES string of the molecule is O=C(N[C@H](Cc1ccc(-c2cccc(Cl)c2)cc1)C(O)C(=O)O)c1cc(-c2ccccc2F)no1. The number of halogens is 2. The van der Waals surface area contributed by atoms with Gasteiger partial charge in [0.25, 0.3) is 5.91 Å². The summed E-state index contributed by atoms with van der Waals surface area (Å²) in [4.78, 5) is 24.2. The molecule has 1 heterocycles. The Labute approximate surface area is 204 Å². The number of aromatic nitrogens is 1. The van der Waals surface area contributed by atoms with Gasteiger partial charge in [-0.25, -0.2) is 9.18 Å². The van der Waals surface area contributed by atoms with E-state index < -0.39 is 29.8 Å². The molecule has 0 saturated heterocycles. The van der Waals surface area contributed by atoms with Gasteiger partial charge in [0, 0.05) is 16.7 Å². The molecule has 1 aromatic heterocycles. The summed E-state index contributed by atoms with van der Waals surface area (Å²) in [6, 6.07) is 20.5. The number of rotatable bonds is 8. The Hall–Kier alpha value is -4.01. The number of nitrogens with zero attached hydrogens (tertiary/aromatic N) is 1. The van der Waals surface area contributed by atoms with Gasteiger partial charge in [-0.05, 0) is 47.4 Å². The van der Waals surface area contributed by atoms with Crippen molar-refractivity contribution in [3.8, 4) is 22.4 Å². The molecule has 0 fully saturated rings. The first kappa shape index (κ1) is 24.1. The molecular formula is C26H20ClFN2O5. The van der Waals surface area contributed by atoms with Gasteiger partial charge in [0.05, 0.1) is 6.04 Å². The van der Waals surface area contributed by atoms with Gasteiger partial charge in [-0.1, -0.05) is 65.3 Å². The number of aliphatic hydroxyl groups is 1. The first-order valence-corrected chi connectivity index (χ1v) is 11.0. The second-order valence-electron chi connectivity index (χ2n) is 7.83. The third-order valence-electron chi connectivity index (χ3n) is 5.40. The summed E-state index contributed by atoms with van der Waals surface area (Å²) in [7, 11) is 0. The van der Waals surface area contributed by atoms with Crippen LogP contribution in [-0.2, 0) is 11.2 Å². The second kappa shape index (κ2) is 10.5. The van der Waals surface area contributed by atoms with E-state index in [1.807, 2.05) is 30.3 Å². The highest BCUT2D eigenvalue weighted by atomic mass is 35.5. The summed E-state index contributed by atoms with van der Waals surface area (Å²) in [6.45, 7) is 0. The van der Waals surface area contributed by atoms with E-state index in [-0.39, 0.29) is 23.4 Å². The van der Waals surface area contributed by atoms with E-state index in [4.69, 9.17) is 16.1 Å². The number of carbonyl (C=O) groups excluding carboxylic acids is 1. The third kappa shape index (κ3) is 5.74. The molecule has 0 aliphatic heterocycles. The summed E-state index contributed by atoms with van der Waals surface area (Å²) >= 11 is 6.05. The van der Waals surface area contributed by atoms with Gasteiger partial charge < -0.3 is 20.1 Å². The molecule has 0 spiro atoms. The molecule has 3 aromatic carbocycles. The molecule has 1 unspecified atom stereocenters. The maximum Gasteiger partial charge on any atom is 0.334 e. The maximum atomic E-state index is 14.0. The topological polar surface area (TPSA) is 113 Å². The summed E-state index contributed by atoms with van der Waals surface area (Å²) in [5.41, 5.74) is 2.76. The second-order valence-corrected chi connectivity index (χ2v) is 8.27. The Morgan fingerprint density at radius 3 is 2.43 bits per heavy atom. The van der Waals surface area contributed by atoms with Crippen LogP contribution in [0.5, 0.6) is 0 Å². The zero-order valence-electron chi connectivity index (χ0n) is 18.2. The average molecular weight is 495 g/mol. The van der Waals surface area contributed by atoms with Crippen LogP contribution in [0.25, 0.3) is 22.4 Å². The first-order chi connectivity index (χ1) is 16.8. The first-order valence-electron chi connectivity index (χ1n) is 10.6. The van der Waals surface area contributed by atoms with Crippen molar-refractivity contribution in [2.45, 2.75) is 18.6 Å². The van der Waals surface area contributed by atoms with Crippen LogP contribution >= 0.6 is 11.6 Å². The van der Waals surface area contributed by atoms with Gasteiger partial charge in [-0.2, -0.15) is 0 Å². The molecule has 0 bridgehead atoms. The van der Waals surface area contributed by atoms with Gasteiger partial charge in [0.2, 0.25) is 5.76 Å². The molecule has 0 aliphatic carbocycles. The Morgan fingerprint density at radius 1 is 1.00 bits per heavy atom. The molecule has 1 amide bonds. The molecule has 3 N–H and O–H groups in total. The summed E-state index contributed by atoms with van der Waals surface area (Å²) < 4.78 is 19.0. The number of benzene rings is 3. The molecular weight excluding hydrogens is 475 g/mol. The van der Waals surface area contributed by atoms with Crippen molar-refractivity contribution in [2.75, 3.05) is 0 Å². The normalized spacial score (nSPS) is 12.7. The highest BCUT2D eigenvalue weighted by molar-refractivity contribution is 6.30. The molecule has 7 nitrogen and oxygen atoms in total. The van der Waals surface area contributed by atoms with Crippen LogP contribution in [-0.4, -0.2) is 39.4 Å². The predicted octanol–water partition coefficient (Wildman–Crippen LogP) is 4.59. The van der Waals surface area contributed by atoms with Gasteiger partial charge in [0.15, 0.2) is 6.10 Å². The molecule has 0 saturated carbocycles. The summed E-state index contributed by atoms with van der Waals surface area (Å²) in [5, 5.41) is 26.3. The lowest BCUT2D eigenvalue weighted by Crippen LogP contribution is -2.48. The number of aliphatic carboxylic acids is 1. The van der Waals surface area contributed by atoms with E-state index in [0.717, 1.165) is 11.1 Å². The number of carboxylic acids is 1. The largest absolute Gasteiger partial charge is 0.479 e. The zero-order chi connectivity index (χ0) is 24.9. The van der Waals surface area contributed by atoms with E-state index >= 15 is 0 Å². The molecule has 9 heteroatoms. The smallest absolute Gasteiger partial charge is 0.334 e. The quantitative estimate of drug-likeness (QED) is 0.330. The van der Waals surface area contributed by atoms with Crippen LogP contribution in [0.4, 0.5) is 4.39 Å². The summed E-state index contributed by atoms with van der Waals surface area (Å²) in [6.07, 6.45) is -1.84. The van der Waals surface area contributed by atoms with Crippen LogP contribution < -0.4 is 5.32 Å². The van der Waals surface area contributed by atoms with Crippen molar-refractivity contribution in [1.82, 2.24) is 10.5 Å². The van der Waals surface area contributed by atoms with Gasteiger partial charge >= 0.3 is 5.97 Å². The van der Waals surface area contributed by atoms with Crippen molar-refractivity contribution in [3.05, 3.63) is 101 Å². The minimum absolute atomic E-state index is 0.0311. The molecule has 35 heavy (non-hydrogen) atoms. The number of aliphatic hydroxyl groups excluding tert-OH is 1. The van der Waals surface area contributed by atoms with Crippen molar-refractivity contribution >= 4 is 23.5 Å². The van der Waals surface area contributed by atoms with E-state index in [1.165, 1.54) is 24.3 Å². The molecule has 0 radical (unpaired) electrons. The minimum atomic E-state index is -1.87. The Bertz CT molecular complexity index is 1360. The van der Waals surface area contributed by atoms with Crippen molar-refractivity contribution in [1.29, 1.82) is 0 Å². The highest BCUT2D eigenvalue weighted by Crippen LogP contribution is 2.24. The molecule has 2 atom stereocenters. The molecule has 4 rings (SSSR count). The fourth-order valence-corrected chi connectivity index (χ4v) is 3.78. The van der Waals surface area contributed by atoms with Gasteiger partial charge in [-0.15, -0.1) is 0 Å². The summed E-state index contributed by atoms with van der Waals surface area (Å²) in [5.74, 6) is -3.06. The standard InChI is InChI=1S/C26H20ClFN2O5/c27-18-5-3-4-17(13-18)16-10-8-15(9-11-16)12-22(24(31)26(33)34)29-25(32)23-14-21(30-35-23)19-6-1-2-7-20(19)28/h1-11,13-14,22,24,31H,12H2,(H,29,32)(H,33,34)/t22-,24?/m1/s1. The minimum Gasteiger partial charge on any atom is -0.479 e. The Morgan fingerprint density at radius 2 is 1.74 bits per heavy atom.